The Bertz CT molecular complexity index is 1730. The Morgan fingerprint density at radius 3 is 2.28 bits per heavy atom. The lowest BCUT2D eigenvalue weighted by Gasteiger charge is -2.33. The van der Waals surface area contributed by atoms with E-state index in [-0.39, 0.29) is 56.1 Å². The average Bonchev–Trinajstić information content (AvgIpc) is 3.64. The number of carbonyl (C=O) groups excluding carboxylic acids is 2. The maximum absolute atomic E-state index is 13.9. The number of alkyl halides is 6. The van der Waals surface area contributed by atoms with Crippen LogP contribution in [0.4, 0.5) is 31.1 Å². The van der Waals surface area contributed by atoms with Crippen molar-refractivity contribution < 1.29 is 55.2 Å². The van der Waals surface area contributed by atoms with Gasteiger partial charge in [-0.25, -0.2) is 4.79 Å². The van der Waals surface area contributed by atoms with Crippen LogP contribution in [-0.2, 0) is 22.4 Å². The lowest BCUT2D eigenvalue weighted by atomic mass is 9.87. The highest BCUT2D eigenvalue weighted by Gasteiger charge is 2.71. The molecular weight excluding hydrogens is 670 g/mol. The molecule has 0 aliphatic carbocycles. The zero-order valence-electron chi connectivity index (χ0n) is 27.3. The van der Waals surface area contributed by atoms with Crippen LogP contribution in [0.15, 0.2) is 60.7 Å². The summed E-state index contributed by atoms with van der Waals surface area (Å²) < 4.78 is 100. The van der Waals surface area contributed by atoms with Gasteiger partial charge < -0.3 is 24.6 Å². The number of hydrogen-bond acceptors (Lipinski definition) is 6. The lowest BCUT2D eigenvalue weighted by Crippen LogP contribution is -2.54. The Morgan fingerprint density at radius 2 is 1.62 bits per heavy atom. The van der Waals surface area contributed by atoms with E-state index in [1.165, 1.54) is 12.2 Å². The zero-order valence-corrected chi connectivity index (χ0v) is 27.3. The van der Waals surface area contributed by atoms with Crippen LogP contribution in [0, 0.1) is 0 Å². The number of hydrogen-bond donors (Lipinski definition) is 2. The number of unbranched alkanes of at least 4 members (excludes halogenated alkanes) is 1. The summed E-state index contributed by atoms with van der Waals surface area (Å²) in [6, 6.07) is 14.4. The second-order valence-electron chi connectivity index (χ2n) is 12.0. The van der Waals surface area contributed by atoms with Gasteiger partial charge in [-0.1, -0.05) is 68.8 Å². The molecule has 0 bridgehead atoms. The number of amides is 3. The number of ether oxygens (including phenoxy) is 3. The molecule has 0 aromatic heterocycles. The second-order valence-corrected chi connectivity index (χ2v) is 12.0. The topological polar surface area (TPSA) is 97.3 Å². The predicted octanol–water partition coefficient (Wildman–Crippen LogP) is 7.87. The number of aryl methyl sites for hydroxylation is 1. The van der Waals surface area contributed by atoms with Crippen molar-refractivity contribution >= 4 is 24.1 Å². The Morgan fingerprint density at radius 1 is 0.920 bits per heavy atom. The normalized spacial score (nSPS) is 17.9. The van der Waals surface area contributed by atoms with E-state index in [9.17, 15) is 41.0 Å². The van der Waals surface area contributed by atoms with Crippen molar-refractivity contribution in [1.82, 2.24) is 10.2 Å². The second kappa shape index (κ2) is 14.3. The fourth-order valence-corrected chi connectivity index (χ4v) is 6.09. The minimum atomic E-state index is -6.06. The van der Waals surface area contributed by atoms with Crippen molar-refractivity contribution in [3.05, 3.63) is 88.5 Å². The highest BCUT2D eigenvalue weighted by atomic mass is 19.4. The smallest absolute Gasteiger partial charge is 0.430 e. The first-order valence-electron chi connectivity index (χ1n) is 16.1. The van der Waals surface area contributed by atoms with Gasteiger partial charge in [0.05, 0.1) is 6.61 Å². The fraction of sp³-hybridized carbons (Fsp3) is 0.389. The largest absolute Gasteiger partial charge is 0.493 e. The predicted molar refractivity (Wildman–Crippen MR) is 171 cm³/mol. The molecule has 3 aromatic carbocycles. The standard InChI is InChI=1S/C36H36F6N2O6/c1-3-10-24-19-27(34(47,35(37,38)39)36(40,41)42)20-25(14-13-23-11-6-5-7-12-23)30(24)48-18-9-8-17-44-31(45)33(4-2,43-32(44)46)26-15-16-28-29(21-26)50-22-49-28/h5-7,11-16,19-21,47H,3-4,8-10,17-18,22H2,1-2H3,(H,43,46). The summed E-state index contributed by atoms with van der Waals surface area (Å²) in [5, 5.41) is 13.0. The first kappa shape index (κ1) is 36.6. The average molecular weight is 707 g/mol. The summed E-state index contributed by atoms with van der Waals surface area (Å²) in [5.74, 6) is 0.612. The van der Waals surface area contributed by atoms with E-state index in [4.69, 9.17) is 14.2 Å². The van der Waals surface area contributed by atoms with Crippen molar-refractivity contribution in [2.75, 3.05) is 19.9 Å². The number of fused-ring (bicyclic) bond motifs is 1. The minimum absolute atomic E-state index is 0.0320. The highest BCUT2D eigenvalue weighted by molar-refractivity contribution is 6.07. The Hall–Kier alpha value is -4.72. The first-order valence-corrected chi connectivity index (χ1v) is 16.1. The molecule has 0 radical (unpaired) electrons. The van der Waals surface area contributed by atoms with E-state index in [1.807, 2.05) is 0 Å². The van der Waals surface area contributed by atoms with E-state index in [0.29, 0.717) is 47.6 Å². The molecule has 1 saturated heterocycles. The summed E-state index contributed by atoms with van der Waals surface area (Å²) in [6.07, 6.45) is -8.01. The van der Waals surface area contributed by atoms with Crippen molar-refractivity contribution in [2.24, 2.45) is 0 Å². The summed E-state index contributed by atoms with van der Waals surface area (Å²) in [7, 11) is 0. The van der Waals surface area contributed by atoms with Crippen LogP contribution in [0.3, 0.4) is 0 Å². The summed E-state index contributed by atoms with van der Waals surface area (Å²) in [5.41, 5.74) is -6.67. The molecule has 2 N–H and O–H groups in total. The van der Waals surface area contributed by atoms with Crippen molar-refractivity contribution in [1.29, 1.82) is 0 Å². The number of imide groups is 1. The van der Waals surface area contributed by atoms with Gasteiger partial charge in [0.1, 0.15) is 11.3 Å². The number of benzene rings is 3. The van der Waals surface area contributed by atoms with Gasteiger partial charge in [0, 0.05) is 17.7 Å². The van der Waals surface area contributed by atoms with E-state index in [2.05, 4.69) is 5.32 Å². The van der Waals surface area contributed by atoms with Gasteiger partial charge >= 0.3 is 18.4 Å². The molecule has 0 saturated carbocycles. The molecule has 3 amide bonds. The Balaban J connectivity index is 1.36. The number of aliphatic hydroxyl groups is 1. The van der Waals surface area contributed by atoms with Crippen molar-refractivity contribution in [2.45, 2.75) is 69.4 Å². The van der Waals surface area contributed by atoms with Crippen molar-refractivity contribution in [3.63, 3.8) is 0 Å². The highest BCUT2D eigenvalue weighted by Crippen LogP contribution is 2.51. The summed E-state index contributed by atoms with van der Waals surface area (Å²) >= 11 is 0. The Kier molecular flexibility index (Phi) is 10.4. The number of nitrogens with zero attached hydrogens (tertiary/aromatic N) is 1. The summed E-state index contributed by atoms with van der Waals surface area (Å²) in [6.45, 7) is 3.52. The number of urea groups is 1. The van der Waals surface area contributed by atoms with Gasteiger partial charge in [-0.05, 0) is 66.6 Å². The maximum atomic E-state index is 13.9. The molecule has 8 nitrogen and oxygen atoms in total. The third kappa shape index (κ3) is 6.85. The molecule has 14 heteroatoms. The van der Waals surface area contributed by atoms with Crippen LogP contribution >= 0.6 is 0 Å². The minimum Gasteiger partial charge on any atom is -0.493 e. The van der Waals surface area contributed by atoms with Crippen LogP contribution in [0.2, 0.25) is 0 Å². The zero-order chi connectivity index (χ0) is 36.3. The quantitative estimate of drug-likeness (QED) is 0.0813. The molecule has 2 aliphatic rings. The van der Waals surface area contributed by atoms with E-state index in [0.717, 1.165) is 4.90 Å². The van der Waals surface area contributed by atoms with Crippen LogP contribution in [0.5, 0.6) is 17.2 Å². The van der Waals surface area contributed by atoms with Gasteiger partial charge in [-0.2, -0.15) is 26.3 Å². The molecule has 50 heavy (non-hydrogen) atoms. The number of rotatable bonds is 13. The van der Waals surface area contributed by atoms with E-state index in [1.54, 1.807) is 62.4 Å². The van der Waals surface area contributed by atoms with Crippen LogP contribution in [0.25, 0.3) is 12.2 Å². The van der Waals surface area contributed by atoms with Gasteiger partial charge in [0.15, 0.2) is 11.5 Å². The van der Waals surface area contributed by atoms with Gasteiger partial charge in [0.25, 0.3) is 11.5 Å². The molecule has 3 aromatic rings. The summed E-state index contributed by atoms with van der Waals surface area (Å²) in [4.78, 5) is 27.7. The Labute approximate surface area is 284 Å². The van der Waals surface area contributed by atoms with Crippen LogP contribution < -0.4 is 19.5 Å². The third-order valence-electron chi connectivity index (χ3n) is 8.80. The van der Waals surface area contributed by atoms with Crippen LogP contribution in [-0.4, -0.2) is 54.2 Å². The number of nitrogens with one attached hydrogen (secondary N) is 1. The molecule has 268 valence electrons. The van der Waals surface area contributed by atoms with E-state index < -0.39 is 41.0 Å². The molecule has 2 heterocycles. The molecule has 0 spiro atoms. The molecule has 1 fully saturated rings. The molecule has 1 atom stereocenters. The van der Waals surface area contributed by atoms with Gasteiger partial charge in [-0.15, -0.1) is 0 Å². The first-order chi connectivity index (χ1) is 23.7. The molecular formula is C36H36F6N2O6. The van der Waals surface area contributed by atoms with Gasteiger partial charge in [-0.3, -0.25) is 9.69 Å². The fourth-order valence-electron chi connectivity index (χ4n) is 6.09. The SMILES string of the molecule is CCCc1cc(C(O)(C(F)(F)F)C(F)(F)F)cc(C=Cc2ccccc2)c1OCCCCN1C(=O)NC(CC)(c2ccc3c(c2)OCO3)C1=O. The number of carbonyl (C=O) groups is 2. The number of halogens is 6. The van der Waals surface area contributed by atoms with Gasteiger partial charge in [0.2, 0.25) is 6.79 Å². The monoisotopic (exact) mass is 706 g/mol. The lowest BCUT2D eigenvalue weighted by molar-refractivity contribution is -0.376. The molecule has 1 unspecified atom stereocenters. The molecule has 5 rings (SSSR count). The van der Waals surface area contributed by atoms with Crippen LogP contribution in [0.1, 0.15) is 67.3 Å². The third-order valence-corrected chi connectivity index (χ3v) is 8.80. The molecule has 2 aliphatic heterocycles. The van der Waals surface area contributed by atoms with Crippen molar-refractivity contribution in [3.8, 4) is 17.2 Å². The maximum Gasteiger partial charge on any atom is 0.430 e. The van der Waals surface area contributed by atoms with E-state index >= 15 is 0 Å².